The molecule has 6 heteroatoms. The number of para-hydroxylation sites is 2. The number of hydrogen-bond acceptors (Lipinski definition) is 4. The van der Waals surface area contributed by atoms with E-state index in [2.05, 4.69) is 10.6 Å². The molecule has 5 rings (SSSR count). The van der Waals surface area contributed by atoms with Gasteiger partial charge in [0.25, 0.3) is 11.8 Å². The van der Waals surface area contributed by atoms with Crippen LogP contribution >= 0.6 is 0 Å². The lowest BCUT2D eigenvalue weighted by atomic mass is 10.0. The molecule has 1 aliphatic rings. The van der Waals surface area contributed by atoms with Gasteiger partial charge in [0.1, 0.15) is 11.5 Å². The van der Waals surface area contributed by atoms with Crippen molar-refractivity contribution in [2.75, 3.05) is 10.6 Å². The van der Waals surface area contributed by atoms with Crippen LogP contribution in [0.1, 0.15) is 25.0 Å². The second-order valence-corrected chi connectivity index (χ2v) is 9.05. The normalized spacial score (nSPS) is 13.0. The second kappa shape index (κ2) is 10.6. The molecule has 2 unspecified atom stereocenters. The third-order valence-electron chi connectivity index (χ3n) is 6.27. The summed E-state index contributed by atoms with van der Waals surface area (Å²) in [6.07, 6.45) is -0.552. The maximum absolute atomic E-state index is 12.7. The number of fused-ring (bicyclic) bond motifs is 3. The average molecular weight is 493 g/mol. The lowest BCUT2D eigenvalue weighted by Crippen LogP contribution is -2.30. The minimum absolute atomic E-state index is 0.212. The van der Waals surface area contributed by atoms with Crippen molar-refractivity contribution in [3.05, 3.63) is 108 Å². The van der Waals surface area contributed by atoms with E-state index in [0.717, 1.165) is 33.6 Å². The minimum Gasteiger partial charge on any atom is -0.481 e. The van der Waals surface area contributed by atoms with Crippen LogP contribution in [0.15, 0.2) is 97.1 Å². The largest absolute Gasteiger partial charge is 0.481 e. The van der Waals surface area contributed by atoms with Gasteiger partial charge in [0.2, 0.25) is 0 Å². The zero-order valence-electron chi connectivity index (χ0n) is 20.7. The summed E-state index contributed by atoms with van der Waals surface area (Å²) in [5.74, 6) is 0.879. The van der Waals surface area contributed by atoms with E-state index in [-0.39, 0.29) is 11.8 Å². The van der Waals surface area contributed by atoms with Crippen molar-refractivity contribution >= 4 is 23.2 Å². The van der Waals surface area contributed by atoms with E-state index in [0.29, 0.717) is 17.9 Å². The Kier molecular flexibility index (Phi) is 6.90. The zero-order chi connectivity index (χ0) is 25.8. The van der Waals surface area contributed by atoms with Crippen LogP contribution in [0.25, 0.3) is 11.1 Å². The second-order valence-electron chi connectivity index (χ2n) is 9.05. The summed E-state index contributed by atoms with van der Waals surface area (Å²) < 4.78 is 11.5. The Labute approximate surface area is 216 Å². The Bertz CT molecular complexity index is 1310. The highest BCUT2D eigenvalue weighted by atomic mass is 16.5. The number of anilines is 2. The van der Waals surface area contributed by atoms with Crippen LogP contribution in [0.5, 0.6) is 11.5 Å². The quantitative estimate of drug-likeness (QED) is 0.276. The van der Waals surface area contributed by atoms with E-state index in [4.69, 9.17) is 9.47 Å². The predicted octanol–water partition coefficient (Wildman–Crippen LogP) is 6.07. The van der Waals surface area contributed by atoms with E-state index >= 15 is 0 Å². The molecule has 0 bridgehead atoms. The first-order valence-electron chi connectivity index (χ1n) is 12.3. The standard InChI is InChI=1S/C31H28N2O4/c1-20(36-26-9-5-3-6-10-26)30(34)32-24-13-15-28-22(18-24)17-23-19-25(14-16-29(23)28)33-31(35)21(2)37-27-11-7-4-8-12-27/h3-16,18-21H,17H2,1-2H3,(H,32,34)(H,33,35). The highest BCUT2D eigenvalue weighted by Crippen LogP contribution is 2.39. The van der Waals surface area contributed by atoms with Gasteiger partial charge < -0.3 is 20.1 Å². The molecule has 1 aliphatic carbocycles. The maximum atomic E-state index is 12.7. The van der Waals surface area contributed by atoms with E-state index in [1.54, 1.807) is 13.8 Å². The molecular weight excluding hydrogens is 464 g/mol. The highest BCUT2D eigenvalue weighted by Gasteiger charge is 2.22. The summed E-state index contributed by atoms with van der Waals surface area (Å²) in [6.45, 7) is 3.46. The summed E-state index contributed by atoms with van der Waals surface area (Å²) in [6, 6.07) is 30.4. The van der Waals surface area contributed by atoms with Gasteiger partial charge in [-0.2, -0.15) is 0 Å². The predicted molar refractivity (Wildman–Crippen MR) is 145 cm³/mol. The number of hydrogen-bond donors (Lipinski definition) is 2. The van der Waals surface area contributed by atoms with Gasteiger partial charge in [-0.05, 0) is 91.1 Å². The molecule has 186 valence electrons. The fourth-order valence-corrected chi connectivity index (χ4v) is 4.37. The van der Waals surface area contributed by atoms with Gasteiger partial charge in [0.05, 0.1) is 0 Å². The van der Waals surface area contributed by atoms with Gasteiger partial charge in [-0.1, -0.05) is 48.5 Å². The number of carbonyl (C=O) groups excluding carboxylic acids is 2. The molecule has 0 saturated carbocycles. The third-order valence-corrected chi connectivity index (χ3v) is 6.27. The van der Waals surface area contributed by atoms with Crippen molar-refractivity contribution in [2.24, 2.45) is 0 Å². The summed E-state index contributed by atoms with van der Waals surface area (Å²) in [4.78, 5) is 25.3. The fraction of sp³-hybridized carbons (Fsp3) is 0.161. The summed E-state index contributed by atoms with van der Waals surface area (Å²) in [7, 11) is 0. The molecule has 6 nitrogen and oxygen atoms in total. The molecule has 0 spiro atoms. The number of ether oxygens (including phenoxy) is 2. The van der Waals surface area contributed by atoms with E-state index < -0.39 is 12.2 Å². The van der Waals surface area contributed by atoms with E-state index in [1.165, 1.54) is 0 Å². The molecule has 0 fully saturated rings. The van der Waals surface area contributed by atoms with Crippen molar-refractivity contribution in [1.82, 2.24) is 0 Å². The summed E-state index contributed by atoms with van der Waals surface area (Å²) in [5, 5.41) is 5.91. The first-order valence-corrected chi connectivity index (χ1v) is 12.3. The Hall–Kier alpha value is -4.58. The van der Waals surface area contributed by atoms with Crippen LogP contribution in [-0.2, 0) is 16.0 Å². The van der Waals surface area contributed by atoms with Gasteiger partial charge in [0.15, 0.2) is 12.2 Å². The SMILES string of the molecule is CC(Oc1ccccc1)C(=O)Nc1ccc2c(c1)Cc1cc(NC(=O)C(C)Oc3ccccc3)ccc1-2. The smallest absolute Gasteiger partial charge is 0.265 e. The van der Waals surface area contributed by atoms with Crippen LogP contribution in [0, 0.1) is 0 Å². The lowest BCUT2D eigenvalue weighted by molar-refractivity contribution is -0.122. The molecule has 0 aliphatic heterocycles. The molecule has 37 heavy (non-hydrogen) atoms. The molecule has 2 atom stereocenters. The number of carbonyl (C=O) groups is 2. The summed E-state index contributed by atoms with van der Waals surface area (Å²) in [5.41, 5.74) is 5.93. The van der Waals surface area contributed by atoms with Gasteiger partial charge >= 0.3 is 0 Å². The molecule has 0 radical (unpaired) electrons. The van der Waals surface area contributed by atoms with Crippen LogP contribution < -0.4 is 20.1 Å². The number of amides is 2. The lowest BCUT2D eigenvalue weighted by Gasteiger charge is -2.15. The van der Waals surface area contributed by atoms with Crippen molar-refractivity contribution in [2.45, 2.75) is 32.5 Å². The van der Waals surface area contributed by atoms with E-state index in [1.807, 2.05) is 97.1 Å². The molecule has 2 amide bonds. The van der Waals surface area contributed by atoms with Gasteiger partial charge in [-0.15, -0.1) is 0 Å². The highest BCUT2D eigenvalue weighted by molar-refractivity contribution is 5.96. The monoisotopic (exact) mass is 492 g/mol. The molecular formula is C31H28N2O4. The Morgan fingerprint density at radius 2 is 1.03 bits per heavy atom. The summed E-state index contributed by atoms with van der Waals surface area (Å²) >= 11 is 0. The first kappa shape index (κ1) is 24.1. The average Bonchev–Trinajstić information content (AvgIpc) is 3.26. The molecule has 0 heterocycles. The maximum Gasteiger partial charge on any atom is 0.265 e. The fourth-order valence-electron chi connectivity index (χ4n) is 4.37. The van der Waals surface area contributed by atoms with Crippen LogP contribution in [0.4, 0.5) is 11.4 Å². The number of benzene rings is 4. The van der Waals surface area contributed by atoms with Crippen LogP contribution in [0.2, 0.25) is 0 Å². The number of nitrogens with one attached hydrogen (secondary N) is 2. The third kappa shape index (κ3) is 5.64. The van der Waals surface area contributed by atoms with Gasteiger partial charge in [0, 0.05) is 11.4 Å². The van der Waals surface area contributed by atoms with Crippen molar-refractivity contribution in [3.63, 3.8) is 0 Å². The van der Waals surface area contributed by atoms with Gasteiger partial charge in [-0.3, -0.25) is 9.59 Å². The van der Waals surface area contributed by atoms with Crippen LogP contribution in [-0.4, -0.2) is 24.0 Å². The molecule has 4 aromatic carbocycles. The Morgan fingerprint density at radius 1 is 0.622 bits per heavy atom. The van der Waals surface area contributed by atoms with Gasteiger partial charge in [-0.25, -0.2) is 0 Å². The van der Waals surface area contributed by atoms with Crippen molar-refractivity contribution in [1.29, 1.82) is 0 Å². The first-order chi connectivity index (χ1) is 18.0. The van der Waals surface area contributed by atoms with E-state index in [9.17, 15) is 9.59 Å². The topological polar surface area (TPSA) is 76.7 Å². The Balaban J connectivity index is 1.21. The zero-order valence-corrected chi connectivity index (χ0v) is 20.7. The molecule has 0 aromatic heterocycles. The Morgan fingerprint density at radius 3 is 1.43 bits per heavy atom. The number of rotatable bonds is 8. The molecule has 2 N–H and O–H groups in total. The van der Waals surface area contributed by atoms with Crippen LogP contribution in [0.3, 0.4) is 0 Å². The van der Waals surface area contributed by atoms with Crippen molar-refractivity contribution in [3.8, 4) is 22.6 Å². The van der Waals surface area contributed by atoms with Crippen molar-refractivity contribution < 1.29 is 19.1 Å². The molecule has 4 aromatic rings. The minimum atomic E-state index is -0.632. The molecule has 0 saturated heterocycles.